The van der Waals surface area contributed by atoms with E-state index in [2.05, 4.69) is 44.2 Å². The molecule has 4 heteroatoms. The first-order chi connectivity index (χ1) is 15.0. The highest BCUT2D eigenvalue weighted by atomic mass is 16.7. The van der Waals surface area contributed by atoms with Crippen LogP contribution in [0.2, 0.25) is 0 Å². The zero-order valence-corrected chi connectivity index (χ0v) is 18.3. The third-order valence-electron chi connectivity index (χ3n) is 6.56. The lowest BCUT2D eigenvalue weighted by atomic mass is 9.88. The van der Waals surface area contributed by atoms with Crippen molar-refractivity contribution in [3.8, 4) is 22.6 Å². The fraction of sp³-hybridized carbons (Fsp3) is 0.333. The summed E-state index contributed by atoms with van der Waals surface area (Å²) in [7, 11) is 0. The average Bonchev–Trinajstić information content (AvgIpc) is 3.45. The lowest BCUT2D eigenvalue weighted by Crippen LogP contribution is -2.23. The molecule has 158 valence electrons. The van der Waals surface area contributed by atoms with Gasteiger partial charge in [0.1, 0.15) is 5.78 Å². The maximum Gasteiger partial charge on any atom is 0.231 e. The average molecular weight is 414 g/mol. The van der Waals surface area contributed by atoms with Crippen molar-refractivity contribution in [2.45, 2.75) is 51.4 Å². The van der Waals surface area contributed by atoms with Crippen molar-refractivity contribution in [1.82, 2.24) is 4.98 Å². The molecule has 0 saturated heterocycles. The van der Waals surface area contributed by atoms with Gasteiger partial charge in [0.05, 0.1) is 5.41 Å². The Hall–Kier alpha value is -3.14. The summed E-state index contributed by atoms with van der Waals surface area (Å²) in [5.74, 6) is 2.20. The van der Waals surface area contributed by atoms with Crippen LogP contribution in [0.4, 0.5) is 0 Å². The van der Waals surface area contributed by atoms with Crippen molar-refractivity contribution in [1.29, 1.82) is 0 Å². The number of pyridine rings is 1. The molecular weight excluding hydrogens is 386 g/mol. The number of nitrogens with zero attached hydrogens (tertiary/aromatic N) is 1. The molecule has 2 aliphatic rings. The smallest absolute Gasteiger partial charge is 0.231 e. The van der Waals surface area contributed by atoms with Crippen molar-refractivity contribution in [2.24, 2.45) is 0 Å². The van der Waals surface area contributed by atoms with Crippen molar-refractivity contribution in [3.63, 3.8) is 0 Å². The van der Waals surface area contributed by atoms with Gasteiger partial charge < -0.3 is 9.47 Å². The summed E-state index contributed by atoms with van der Waals surface area (Å²) in [5.41, 5.74) is 6.03. The number of hydrogen-bond donors (Lipinski definition) is 0. The SMILES string of the molecule is Cc1nc(CC(=O)C2(c3ccc4c(c3)OCO4)CC2)ccc1-c1cccc(C(C)C)c1. The van der Waals surface area contributed by atoms with Gasteiger partial charge in [-0.15, -0.1) is 0 Å². The molecule has 2 heterocycles. The summed E-state index contributed by atoms with van der Waals surface area (Å²) >= 11 is 0. The Labute approximate surface area is 183 Å². The van der Waals surface area contributed by atoms with Crippen LogP contribution in [0, 0.1) is 6.92 Å². The van der Waals surface area contributed by atoms with Crippen LogP contribution in [0.1, 0.15) is 55.1 Å². The number of aryl methyl sites for hydroxylation is 1. The minimum atomic E-state index is -0.402. The van der Waals surface area contributed by atoms with Gasteiger partial charge in [0.25, 0.3) is 0 Å². The lowest BCUT2D eigenvalue weighted by Gasteiger charge is -2.16. The van der Waals surface area contributed by atoms with E-state index < -0.39 is 5.41 Å². The Balaban J connectivity index is 1.36. The maximum absolute atomic E-state index is 13.3. The van der Waals surface area contributed by atoms with Gasteiger partial charge in [-0.1, -0.05) is 50.2 Å². The summed E-state index contributed by atoms with van der Waals surface area (Å²) in [6.45, 7) is 6.67. The summed E-state index contributed by atoms with van der Waals surface area (Å²) in [5, 5.41) is 0. The second-order valence-electron chi connectivity index (χ2n) is 8.97. The van der Waals surface area contributed by atoms with Crippen LogP contribution < -0.4 is 9.47 Å². The number of rotatable bonds is 6. The van der Waals surface area contributed by atoms with E-state index in [4.69, 9.17) is 14.5 Å². The predicted molar refractivity (Wildman–Crippen MR) is 121 cm³/mol. The Morgan fingerprint density at radius 1 is 1.03 bits per heavy atom. The molecule has 1 aliphatic carbocycles. The first-order valence-corrected chi connectivity index (χ1v) is 11.0. The molecule has 31 heavy (non-hydrogen) atoms. The predicted octanol–water partition coefficient (Wildman–Crippen LogP) is 5.75. The van der Waals surface area contributed by atoms with E-state index in [9.17, 15) is 4.79 Å². The highest BCUT2D eigenvalue weighted by molar-refractivity contribution is 5.94. The van der Waals surface area contributed by atoms with Crippen LogP contribution in [0.15, 0.2) is 54.6 Å². The Bertz CT molecular complexity index is 1160. The molecule has 3 aromatic rings. The van der Waals surface area contributed by atoms with Gasteiger partial charge in [0.15, 0.2) is 11.5 Å². The number of Topliss-reactive ketones (excluding diaryl/α,β-unsaturated/α-hetero) is 1. The van der Waals surface area contributed by atoms with Gasteiger partial charge in [-0.25, -0.2) is 0 Å². The molecule has 0 bridgehead atoms. The summed E-state index contributed by atoms with van der Waals surface area (Å²) < 4.78 is 10.9. The lowest BCUT2D eigenvalue weighted by molar-refractivity contribution is -0.120. The topological polar surface area (TPSA) is 48.4 Å². The largest absolute Gasteiger partial charge is 0.454 e. The van der Waals surface area contributed by atoms with Gasteiger partial charge in [-0.05, 0) is 60.6 Å². The number of carbonyl (C=O) groups excluding carboxylic acids is 1. The molecule has 0 amide bonds. The Morgan fingerprint density at radius 2 is 1.84 bits per heavy atom. The van der Waals surface area contributed by atoms with Crippen LogP contribution in [-0.4, -0.2) is 17.6 Å². The van der Waals surface area contributed by atoms with Gasteiger partial charge in [0.2, 0.25) is 6.79 Å². The van der Waals surface area contributed by atoms with E-state index in [0.717, 1.165) is 46.9 Å². The molecule has 1 saturated carbocycles. The van der Waals surface area contributed by atoms with Crippen LogP contribution in [-0.2, 0) is 16.6 Å². The first kappa shape index (κ1) is 19.8. The molecule has 1 aromatic heterocycles. The number of carbonyl (C=O) groups is 1. The molecule has 0 unspecified atom stereocenters. The molecule has 2 aromatic carbocycles. The fourth-order valence-corrected chi connectivity index (χ4v) is 4.46. The number of fused-ring (bicyclic) bond motifs is 1. The number of benzene rings is 2. The minimum absolute atomic E-state index is 0.229. The summed E-state index contributed by atoms with van der Waals surface area (Å²) in [6, 6.07) is 18.6. The van der Waals surface area contributed by atoms with E-state index in [-0.39, 0.29) is 12.6 Å². The van der Waals surface area contributed by atoms with E-state index in [0.29, 0.717) is 12.3 Å². The molecule has 1 aliphatic heterocycles. The second kappa shape index (κ2) is 7.52. The van der Waals surface area contributed by atoms with Crippen molar-refractivity contribution in [2.75, 3.05) is 6.79 Å². The molecule has 0 N–H and O–H groups in total. The molecule has 4 nitrogen and oxygen atoms in total. The maximum atomic E-state index is 13.3. The van der Waals surface area contributed by atoms with Crippen molar-refractivity contribution in [3.05, 3.63) is 77.1 Å². The van der Waals surface area contributed by atoms with Crippen LogP contribution in [0.3, 0.4) is 0 Å². The molecular formula is C27H27NO3. The number of hydrogen-bond acceptors (Lipinski definition) is 4. The first-order valence-electron chi connectivity index (χ1n) is 11.0. The van der Waals surface area contributed by atoms with E-state index in [1.165, 1.54) is 11.1 Å². The molecule has 0 spiro atoms. The fourth-order valence-electron chi connectivity index (χ4n) is 4.46. The van der Waals surface area contributed by atoms with Gasteiger partial charge in [0, 0.05) is 23.4 Å². The van der Waals surface area contributed by atoms with Crippen molar-refractivity contribution >= 4 is 5.78 Å². The number of ether oxygens (including phenoxy) is 2. The zero-order valence-electron chi connectivity index (χ0n) is 18.3. The third-order valence-corrected chi connectivity index (χ3v) is 6.56. The van der Waals surface area contributed by atoms with E-state index in [1.54, 1.807) is 0 Å². The third kappa shape index (κ3) is 3.60. The molecule has 0 atom stereocenters. The highest BCUT2D eigenvalue weighted by Gasteiger charge is 2.51. The molecule has 5 rings (SSSR count). The van der Waals surface area contributed by atoms with E-state index >= 15 is 0 Å². The Morgan fingerprint density at radius 3 is 2.58 bits per heavy atom. The second-order valence-corrected chi connectivity index (χ2v) is 8.97. The normalized spacial score (nSPS) is 15.9. The Kier molecular flexibility index (Phi) is 4.81. The monoisotopic (exact) mass is 413 g/mol. The zero-order chi connectivity index (χ0) is 21.6. The summed E-state index contributed by atoms with van der Waals surface area (Å²) in [6.07, 6.45) is 2.11. The van der Waals surface area contributed by atoms with Gasteiger partial charge in [-0.3, -0.25) is 9.78 Å². The minimum Gasteiger partial charge on any atom is -0.454 e. The molecule has 1 fully saturated rings. The van der Waals surface area contributed by atoms with Crippen LogP contribution >= 0.6 is 0 Å². The standard InChI is InChI=1S/C27H27NO3/c1-17(2)19-5-4-6-20(13-19)23-9-8-22(28-18(23)3)15-26(29)27(11-12-27)21-7-10-24-25(14-21)31-16-30-24/h4-10,13-14,17H,11-12,15-16H2,1-3H3. The van der Waals surface area contributed by atoms with E-state index in [1.807, 2.05) is 31.2 Å². The van der Waals surface area contributed by atoms with Crippen LogP contribution in [0.5, 0.6) is 11.5 Å². The van der Waals surface area contributed by atoms with Crippen molar-refractivity contribution < 1.29 is 14.3 Å². The van der Waals surface area contributed by atoms with Gasteiger partial charge >= 0.3 is 0 Å². The quantitative estimate of drug-likeness (QED) is 0.516. The number of aromatic nitrogens is 1. The van der Waals surface area contributed by atoms with Gasteiger partial charge in [-0.2, -0.15) is 0 Å². The highest BCUT2D eigenvalue weighted by Crippen LogP contribution is 2.51. The number of ketones is 1. The summed E-state index contributed by atoms with van der Waals surface area (Å²) in [4.78, 5) is 18.1. The van der Waals surface area contributed by atoms with Crippen LogP contribution in [0.25, 0.3) is 11.1 Å². The molecule has 0 radical (unpaired) electrons.